The number of benzene rings is 1. The summed E-state index contributed by atoms with van der Waals surface area (Å²) in [5.41, 5.74) is 2.88. The first-order valence-corrected chi connectivity index (χ1v) is 8.16. The van der Waals surface area contributed by atoms with Gasteiger partial charge in [-0.1, -0.05) is 38.1 Å². The van der Waals surface area contributed by atoms with Gasteiger partial charge in [0.25, 0.3) is 0 Å². The van der Waals surface area contributed by atoms with Gasteiger partial charge in [0.2, 0.25) is 0 Å². The first-order chi connectivity index (χ1) is 9.69. The van der Waals surface area contributed by atoms with Gasteiger partial charge in [-0.3, -0.25) is 0 Å². The SMILES string of the molecule is CCCNCCc1ccc(CN(C)CC2CC2C)cc1. The van der Waals surface area contributed by atoms with E-state index in [0.717, 1.165) is 37.9 Å². The maximum atomic E-state index is 3.45. The highest BCUT2D eigenvalue weighted by Gasteiger charge is 2.32. The molecule has 0 aromatic heterocycles. The Labute approximate surface area is 124 Å². The normalized spacial score (nSPS) is 21.4. The number of nitrogens with one attached hydrogen (secondary N) is 1. The molecule has 1 aromatic carbocycles. The van der Waals surface area contributed by atoms with E-state index in [2.05, 4.69) is 55.4 Å². The third-order valence-electron chi connectivity index (χ3n) is 4.32. The molecule has 0 saturated heterocycles. The van der Waals surface area contributed by atoms with Crippen molar-refractivity contribution in [3.63, 3.8) is 0 Å². The Kier molecular flexibility index (Phi) is 6.06. The summed E-state index contributed by atoms with van der Waals surface area (Å²) < 4.78 is 0. The molecule has 0 amide bonds. The predicted octanol–water partition coefficient (Wildman–Crippen LogP) is 3.32. The van der Waals surface area contributed by atoms with Gasteiger partial charge in [0.1, 0.15) is 0 Å². The van der Waals surface area contributed by atoms with E-state index >= 15 is 0 Å². The Hall–Kier alpha value is -0.860. The summed E-state index contributed by atoms with van der Waals surface area (Å²) in [5, 5.41) is 3.45. The Balaban J connectivity index is 1.70. The fourth-order valence-corrected chi connectivity index (χ4v) is 2.78. The third kappa shape index (κ3) is 5.26. The summed E-state index contributed by atoms with van der Waals surface area (Å²) in [7, 11) is 2.24. The smallest absolute Gasteiger partial charge is 0.0230 e. The molecular weight excluding hydrogens is 244 g/mol. The first kappa shape index (κ1) is 15.5. The molecule has 1 aromatic rings. The lowest BCUT2D eigenvalue weighted by Gasteiger charge is -2.16. The largest absolute Gasteiger partial charge is 0.316 e. The van der Waals surface area contributed by atoms with Gasteiger partial charge in [-0.2, -0.15) is 0 Å². The molecule has 1 aliphatic rings. The second kappa shape index (κ2) is 7.80. The minimum atomic E-state index is 0.948. The minimum absolute atomic E-state index is 0.948. The zero-order chi connectivity index (χ0) is 14.4. The fourth-order valence-electron chi connectivity index (χ4n) is 2.78. The molecule has 0 bridgehead atoms. The Morgan fingerprint density at radius 3 is 2.40 bits per heavy atom. The van der Waals surface area contributed by atoms with E-state index in [1.165, 1.54) is 30.5 Å². The molecule has 0 radical (unpaired) electrons. The van der Waals surface area contributed by atoms with E-state index in [4.69, 9.17) is 0 Å². The van der Waals surface area contributed by atoms with Crippen molar-refractivity contribution in [1.29, 1.82) is 0 Å². The van der Waals surface area contributed by atoms with E-state index in [0.29, 0.717) is 0 Å². The zero-order valence-corrected chi connectivity index (χ0v) is 13.4. The number of hydrogen-bond donors (Lipinski definition) is 1. The molecule has 1 aliphatic carbocycles. The lowest BCUT2D eigenvalue weighted by Crippen LogP contribution is -2.21. The summed E-state index contributed by atoms with van der Waals surface area (Å²) in [6.45, 7) is 9.12. The van der Waals surface area contributed by atoms with Crippen molar-refractivity contribution < 1.29 is 0 Å². The topological polar surface area (TPSA) is 15.3 Å². The first-order valence-electron chi connectivity index (χ1n) is 8.16. The molecule has 1 saturated carbocycles. The standard InChI is InChI=1S/C18H30N2/c1-4-10-19-11-9-16-5-7-17(8-6-16)13-20(3)14-18-12-15(18)2/h5-8,15,18-19H,4,9-14H2,1-3H3. The van der Waals surface area contributed by atoms with Crippen molar-refractivity contribution in [3.05, 3.63) is 35.4 Å². The van der Waals surface area contributed by atoms with Gasteiger partial charge in [0, 0.05) is 13.1 Å². The molecular formula is C18H30N2. The third-order valence-corrected chi connectivity index (χ3v) is 4.32. The van der Waals surface area contributed by atoms with E-state index in [1.807, 2.05) is 0 Å². The Bertz CT molecular complexity index is 385. The lowest BCUT2D eigenvalue weighted by atomic mass is 10.1. The molecule has 2 nitrogen and oxygen atoms in total. The number of hydrogen-bond acceptors (Lipinski definition) is 2. The summed E-state index contributed by atoms with van der Waals surface area (Å²) >= 11 is 0. The van der Waals surface area contributed by atoms with Crippen LogP contribution in [0.15, 0.2) is 24.3 Å². The zero-order valence-electron chi connectivity index (χ0n) is 13.4. The van der Waals surface area contributed by atoms with Crippen LogP contribution in [0.5, 0.6) is 0 Å². The summed E-state index contributed by atoms with van der Waals surface area (Å²) in [5.74, 6) is 1.90. The van der Waals surface area contributed by atoms with Crippen molar-refractivity contribution in [3.8, 4) is 0 Å². The molecule has 20 heavy (non-hydrogen) atoms. The van der Waals surface area contributed by atoms with Crippen molar-refractivity contribution in [2.24, 2.45) is 11.8 Å². The number of nitrogens with zero attached hydrogens (tertiary/aromatic N) is 1. The van der Waals surface area contributed by atoms with Crippen molar-refractivity contribution in [2.75, 3.05) is 26.7 Å². The lowest BCUT2D eigenvalue weighted by molar-refractivity contribution is 0.307. The average molecular weight is 274 g/mol. The van der Waals surface area contributed by atoms with Gasteiger partial charge in [0.15, 0.2) is 0 Å². The van der Waals surface area contributed by atoms with Crippen LogP contribution in [0, 0.1) is 11.8 Å². The summed E-state index contributed by atoms with van der Waals surface area (Å²) in [6.07, 6.45) is 3.77. The summed E-state index contributed by atoms with van der Waals surface area (Å²) in [4.78, 5) is 2.46. The average Bonchev–Trinajstić information content (AvgIpc) is 3.12. The van der Waals surface area contributed by atoms with Crippen LogP contribution in [0.1, 0.15) is 37.8 Å². The molecule has 112 valence electrons. The van der Waals surface area contributed by atoms with Gasteiger partial charge in [0.05, 0.1) is 0 Å². The minimum Gasteiger partial charge on any atom is -0.316 e. The van der Waals surface area contributed by atoms with Gasteiger partial charge in [-0.05, 0) is 62.4 Å². The van der Waals surface area contributed by atoms with Crippen molar-refractivity contribution in [1.82, 2.24) is 10.2 Å². The van der Waals surface area contributed by atoms with E-state index in [-0.39, 0.29) is 0 Å². The Morgan fingerprint density at radius 2 is 1.80 bits per heavy atom. The van der Waals surface area contributed by atoms with Crippen LogP contribution in [-0.4, -0.2) is 31.6 Å². The highest BCUT2D eigenvalue weighted by Crippen LogP contribution is 2.38. The van der Waals surface area contributed by atoms with Crippen LogP contribution in [0.2, 0.25) is 0 Å². The van der Waals surface area contributed by atoms with E-state index < -0.39 is 0 Å². The van der Waals surface area contributed by atoms with Crippen LogP contribution >= 0.6 is 0 Å². The second-order valence-electron chi connectivity index (χ2n) is 6.49. The molecule has 2 atom stereocenters. The number of rotatable bonds is 9. The Morgan fingerprint density at radius 1 is 1.15 bits per heavy atom. The highest BCUT2D eigenvalue weighted by molar-refractivity contribution is 5.22. The molecule has 2 unspecified atom stereocenters. The van der Waals surface area contributed by atoms with E-state index in [1.54, 1.807) is 0 Å². The predicted molar refractivity (Wildman–Crippen MR) is 86.9 cm³/mol. The van der Waals surface area contributed by atoms with E-state index in [9.17, 15) is 0 Å². The quantitative estimate of drug-likeness (QED) is 0.695. The molecule has 1 fully saturated rings. The van der Waals surface area contributed by atoms with Gasteiger partial charge < -0.3 is 10.2 Å². The van der Waals surface area contributed by atoms with Crippen LogP contribution in [0.3, 0.4) is 0 Å². The maximum Gasteiger partial charge on any atom is 0.0230 e. The van der Waals surface area contributed by atoms with Crippen LogP contribution < -0.4 is 5.32 Å². The molecule has 1 N–H and O–H groups in total. The monoisotopic (exact) mass is 274 g/mol. The van der Waals surface area contributed by atoms with Crippen LogP contribution in [0.25, 0.3) is 0 Å². The summed E-state index contributed by atoms with van der Waals surface area (Å²) in [6, 6.07) is 9.16. The molecule has 0 aliphatic heterocycles. The molecule has 0 heterocycles. The van der Waals surface area contributed by atoms with Crippen LogP contribution in [-0.2, 0) is 13.0 Å². The van der Waals surface area contributed by atoms with Gasteiger partial charge in [-0.15, -0.1) is 0 Å². The van der Waals surface area contributed by atoms with Crippen LogP contribution in [0.4, 0.5) is 0 Å². The molecule has 0 spiro atoms. The molecule has 2 rings (SSSR count). The van der Waals surface area contributed by atoms with Crippen molar-refractivity contribution >= 4 is 0 Å². The highest BCUT2D eigenvalue weighted by atomic mass is 15.1. The van der Waals surface area contributed by atoms with Crippen molar-refractivity contribution in [2.45, 2.75) is 39.7 Å². The fraction of sp³-hybridized carbons (Fsp3) is 0.667. The van der Waals surface area contributed by atoms with Gasteiger partial charge in [-0.25, -0.2) is 0 Å². The maximum absolute atomic E-state index is 3.45. The second-order valence-corrected chi connectivity index (χ2v) is 6.49. The molecule has 2 heteroatoms. The van der Waals surface area contributed by atoms with Gasteiger partial charge >= 0.3 is 0 Å².